The van der Waals surface area contributed by atoms with Gasteiger partial charge in [0.1, 0.15) is 0 Å². The Bertz CT molecular complexity index is 993. The first kappa shape index (κ1) is 16.4. The lowest BCUT2D eigenvalue weighted by Gasteiger charge is -2.07. The molecule has 7 nitrogen and oxygen atoms in total. The lowest BCUT2D eigenvalue weighted by Crippen LogP contribution is -2.24. The number of carbonyl (C=O) groups is 2. The Morgan fingerprint density at radius 3 is 2.36 bits per heavy atom. The normalized spacial score (nSPS) is 10.4. The second kappa shape index (κ2) is 6.96. The number of fused-ring (bicyclic) bond motifs is 1. The molecule has 7 heteroatoms. The van der Waals surface area contributed by atoms with Crippen LogP contribution in [0.25, 0.3) is 10.8 Å². The van der Waals surface area contributed by atoms with Gasteiger partial charge in [0.25, 0.3) is 11.5 Å². The second-order valence-electron chi connectivity index (χ2n) is 5.30. The third-order valence-corrected chi connectivity index (χ3v) is 3.76. The maximum Gasteiger partial charge on any atom is 0.337 e. The van der Waals surface area contributed by atoms with Crippen LogP contribution in [0, 0.1) is 0 Å². The minimum Gasteiger partial charge on any atom is -0.465 e. The predicted molar refractivity (Wildman–Crippen MR) is 91.3 cm³/mol. The average molecular weight is 337 g/mol. The molecule has 0 aliphatic rings. The van der Waals surface area contributed by atoms with E-state index >= 15 is 0 Å². The van der Waals surface area contributed by atoms with E-state index in [2.05, 4.69) is 20.3 Å². The van der Waals surface area contributed by atoms with Gasteiger partial charge in [0, 0.05) is 10.9 Å². The van der Waals surface area contributed by atoms with Crippen molar-refractivity contribution in [2.24, 2.45) is 0 Å². The van der Waals surface area contributed by atoms with Crippen LogP contribution in [-0.2, 0) is 11.3 Å². The Balaban J connectivity index is 1.76. The van der Waals surface area contributed by atoms with E-state index in [1.807, 2.05) is 0 Å². The highest BCUT2D eigenvalue weighted by atomic mass is 16.5. The largest absolute Gasteiger partial charge is 0.465 e. The van der Waals surface area contributed by atoms with E-state index in [0.29, 0.717) is 27.6 Å². The number of nitrogens with one attached hydrogen (secondary N) is 2. The van der Waals surface area contributed by atoms with Gasteiger partial charge in [-0.2, -0.15) is 5.10 Å². The Kier molecular flexibility index (Phi) is 4.56. The summed E-state index contributed by atoms with van der Waals surface area (Å²) in [7, 11) is 1.30. The molecule has 0 aliphatic carbocycles. The molecular weight excluding hydrogens is 322 g/mol. The summed E-state index contributed by atoms with van der Waals surface area (Å²) in [6, 6.07) is 13.2. The SMILES string of the molecule is COC(=O)c1ccc(C(=O)NCc2n[nH]c(=O)c3ccccc23)cc1. The third-order valence-electron chi connectivity index (χ3n) is 3.76. The van der Waals surface area contributed by atoms with Gasteiger partial charge < -0.3 is 10.1 Å². The number of hydrogen-bond acceptors (Lipinski definition) is 5. The Labute approximate surface area is 142 Å². The summed E-state index contributed by atoms with van der Waals surface area (Å²) in [6.07, 6.45) is 0. The molecule has 0 fully saturated rings. The maximum atomic E-state index is 12.2. The van der Waals surface area contributed by atoms with Crippen LogP contribution >= 0.6 is 0 Å². The molecule has 0 saturated carbocycles. The van der Waals surface area contributed by atoms with E-state index in [0.717, 1.165) is 0 Å². The zero-order valence-corrected chi connectivity index (χ0v) is 13.4. The van der Waals surface area contributed by atoms with Gasteiger partial charge in [0.2, 0.25) is 0 Å². The summed E-state index contributed by atoms with van der Waals surface area (Å²) in [4.78, 5) is 35.4. The highest BCUT2D eigenvalue weighted by Gasteiger charge is 2.11. The van der Waals surface area contributed by atoms with E-state index in [9.17, 15) is 14.4 Å². The van der Waals surface area contributed by atoms with Gasteiger partial charge in [-0.15, -0.1) is 0 Å². The minimum absolute atomic E-state index is 0.162. The summed E-state index contributed by atoms with van der Waals surface area (Å²) >= 11 is 0. The number of nitrogens with zero attached hydrogens (tertiary/aromatic N) is 1. The predicted octanol–water partition coefficient (Wildman–Crippen LogP) is 1.64. The molecule has 2 aromatic carbocycles. The molecule has 25 heavy (non-hydrogen) atoms. The zero-order valence-electron chi connectivity index (χ0n) is 13.4. The van der Waals surface area contributed by atoms with Crippen molar-refractivity contribution < 1.29 is 14.3 Å². The number of rotatable bonds is 4. The van der Waals surface area contributed by atoms with Gasteiger partial charge in [-0.25, -0.2) is 9.89 Å². The van der Waals surface area contributed by atoms with Crippen molar-refractivity contribution in [1.82, 2.24) is 15.5 Å². The maximum absolute atomic E-state index is 12.2. The molecule has 2 N–H and O–H groups in total. The fourth-order valence-corrected chi connectivity index (χ4v) is 2.45. The Morgan fingerprint density at radius 2 is 1.68 bits per heavy atom. The number of H-pyrrole nitrogens is 1. The van der Waals surface area contributed by atoms with Crippen LogP contribution in [0.4, 0.5) is 0 Å². The van der Waals surface area contributed by atoms with Crippen LogP contribution in [0.15, 0.2) is 53.3 Å². The van der Waals surface area contributed by atoms with Gasteiger partial charge in [-0.1, -0.05) is 18.2 Å². The van der Waals surface area contributed by atoms with Crippen molar-refractivity contribution in [1.29, 1.82) is 0 Å². The quantitative estimate of drug-likeness (QED) is 0.705. The summed E-state index contributed by atoms with van der Waals surface area (Å²) in [6.45, 7) is 0.162. The number of amides is 1. The number of ether oxygens (including phenoxy) is 1. The molecule has 0 unspecified atom stereocenters. The standard InChI is InChI=1S/C18H15N3O4/c1-25-18(24)12-8-6-11(7-9-12)16(22)19-10-15-13-4-2-3-5-14(13)17(23)21-20-15/h2-9H,10H2,1H3,(H,19,22)(H,21,23). The van der Waals surface area contributed by atoms with E-state index < -0.39 is 5.97 Å². The molecule has 0 saturated heterocycles. The molecule has 1 aromatic heterocycles. The molecule has 0 spiro atoms. The number of esters is 1. The molecule has 3 rings (SSSR count). The van der Waals surface area contributed by atoms with Gasteiger partial charge in [-0.3, -0.25) is 9.59 Å². The van der Waals surface area contributed by atoms with Crippen LogP contribution in [0.1, 0.15) is 26.4 Å². The molecule has 3 aromatic rings. The van der Waals surface area contributed by atoms with E-state index in [-0.39, 0.29) is 18.0 Å². The fourth-order valence-electron chi connectivity index (χ4n) is 2.45. The van der Waals surface area contributed by atoms with Crippen molar-refractivity contribution in [2.75, 3.05) is 7.11 Å². The first-order chi connectivity index (χ1) is 12.1. The Morgan fingerprint density at radius 1 is 1.04 bits per heavy atom. The topological polar surface area (TPSA) is 101 Å². The molecule has 0 radical (unpaired) electrons. The number of aromatic nitrogens is 2. The summed E-state index contributed by atoms with van der Waals surface area (Å²) in [5, 5.41) is 10.4. The van der Waals surface area contributed by atoms with Crippen LogP contribution < -0.4 is 10.9 Å². The van der Waals surface area contributed by atoms with Gasteiger partial charge in [0.15, 0.2) is 0 Å². The molecule has 0 atom stereocenters. The van der Waals surface area contributed by atoms with Gasteiger partial charge in [-0.05, 0) is 30.3 Å². The van der Waals surface area contributed by atoms with Crippen molar-refractivity contribution >= 4 is 22.6 Å². The van der Waals surface area contributed by atoms with Crippen molar-refractivity contribution in [3.63, 3.8) is 0 Å². The summed E-state index contributed by atoms with van der Waals surface area (Å²) < 4.78 is 4.62. The third kappa shape index (κ3) is 3.40. The molecule has 0 aliphatic heterocycles. The minimum atomic E-state index is -0.462. The summed E-state index contributed by atoms with van der Waals surface area (Å²) in [5.41, 5.74) is 1.06. The lowest BCUT2D eigenvalue weighted by atomic mass is 10.1. The van der Waals surface area contributed by atoms with Crippen LogP contribution in [0.2, 0.25) is 0 Å². The summed E-state index contributed by atoms with van der Waals surface area (Å²) in [5.74, 6) is -0.774. The molecule has 1 amide bonds. The highest BCUT2D eigenvalue weighted by Crippen LogP contribution is 2.12. The van der Waals surface area contributed by atoms with Crippen molar-refractivity contribution in [3.8, 4) is 0 Å². The highest BCUT2D eigenvalue weighted by molar-refractivity contribution is 5.96. The van der Waals surface area contributed by atoms with Gasteiger partial charge >= 0.3 is 5.97 Å². The molecular formula is C18H15N3O4. The van der Waals surface area contributed by atoms with Crippen molar-refractivity contribution in [3.05, 3.63) is 75.7 Å². The smallest absolute Gasteiger partial charge is 0.337 e. The van der Waals surface area contributed by atoms with Crippen molar-refractivity contribution in [2.45, 2.75) is 6.54 Å². The average Bonchev–Trinajstić information content (AvgIpc) is 2.67. The molecule has 0 bridgehead atoms. The molecule has 1 heterocycles. The first-order valence-electron chi connectivity index (χ1n) is 7.53. The number of hydrogen-bond donors (Lipinski definition) is 2. The van der Waals surface area contributed by atoms with E-state index in [4.69, 9.17) is 0 Å². The second-order valence-corrected chi connectivity index (χ2v) is 5.30. The fraction of sp³-hybridized carbons (Fsp3) is 0.111. The first-order valence-corrected chi connectivity index (χ1v) is 7.53. The molecule has 126 valence electrons. The van der Waals surface area contributed by atoms with Crippen LogP contribution in [0.3, 0.4) is 0 Å². The number of benzene rings is 2. The van der Waals surface area contributed by atoms with Crippen LogP contribution in [0.5, 0.6) is 0 Å². The zero-order chi connectivity index (χ0) is 17.8. The number of aromatic amines is 1. The number of methoxy groups -OCH3 is 1. The van der Waals surface area contributed by atoms with E-state index in [1.54, 1.807) is 36.4 Å². The van der Waals surface area contributed by atoms with E-state index in [1.165, 1.54) is 19.2 Å². The number of carbonyl (C=O) groups excluding carboxylic acids is 2. The van der Waals surface area contributed by atoms with Gasteiger partial charge in [0.05, 0.1) is 30.3 Å². The monoisotopic (exact) mass is 337 g/mol. The lowest BCUT2D eigenvalue weighted by molar-refractivity contribution is 0.0600. The van der Waals surface area contributed by atoms with Crippen LogP contribution in [-0.4, -0.2) is 29.2 Å². The Hall–Kier alpha value is -3.48.